The smallest absolute Gasteiger partial charge is 0.188 e. The molecule has 0 radical (unpaired) electrons. The minimum absolute atomic E-state index is 0.573. The molecule has 94 valence electrons. The van der Waals surface area contributed by atoms with E-state index in [4.69, 9.17) is 5.73 Å². The molecule has 0 aromatic carbocycles. The van der Waals surface area contributed by atoms with Gasteiger partial charge in [-0.1, -0.05) is 13.8 Å². The lowest BCUT2D eigenvalue weighted by molar-refractivity contribution is 0.220. The summed E-state index contributed by atoms with van der Waals surface area (Å²) in [6, 6.07) is 0. The molecule has 1 rings (SSSR count). The van der Waals surface area contributed by atoms with Gasteiger partial charge in [0, 0.05) is 13.1 Å². The van der Waals surface area contributed by atoms with E-state index in [9.17, 15) is 0 Å². The number of nitrogens with two attached hydrogens (primary N) is 1. The Morgan fingerprint density at radius 3 is 2.62 bits per heavy atom. The molecule has 4 nitrogen and oxygen atoms in total. The van der Waals surface area contributed by atoms with E-state index in [1.165, 1.54) is 25.9 Å². The van der Waals surface area contributed by atoms with Gasteiger partial charge in [-0.3, -0.25) is 4.99 Å². The van der Waals surface area contributed by atoms with Crippen molar-refractivity contribution in [3.63, 3.8) is 0 Å². The summed E-state index contributed by atoms with van der Waals surface area (Å²) in [5, 5.41) is 3.23. The van der Waals surface area contributed by atoms with Crippen molar-refractivity contribution in [2.45, 2.75) is 26.7 Å². The summed E-state index contributed by atoms with van der Waals surface area (Å²) in [5.41, 5.74) is 5.79. The summed E-state index contributed by atoms with van der Waals surface area (Å²) in [6.07, 6.45) is 2.53. The molecular weight excluding hydrogens is 200 g/mol. The average Bonchev–Trinajstić information content (AvgIpc) is 2.25. The van der Waals surface area contributed by atoms with E-state index >= 15 is 0 Å². The van der Waals surface area contributed by atoms with E-state index in [1.54, 1.807) is 0 Å². The number of rotatable bonds is 4. The number of likely N-dealkylation sites (tertiary alicyclic amines) is 1. The van der Waals surface area contributed by atoms with Gasteiger partial charge in [0.05, 0.1) is 0 Å². The van der Waals surface area contributed by atoms with Crippen LogP contribution in [-0.4, -0.2) is 44.1 Å². The van der Waals surface area contributed by atoms with Crippen LogP contribution in [0, 0.1) is 11.8 Å². The summed E-state index contributed by atoms with van der Waals surface area (Å²) < 4.78 is 0. The second kappa shape index (κ2) is 6.74. The highest BCUT2D eigenvalue weighted by Gasteiger charge is 2.16. The van der Waals surface area contributed by atoms with Crippen molar-refractivity contribution in [2.24, 2.45) is 22.6 Å². The van der Waals surface area contributed by atoms with Crippen LogP contribution in [0.25, 0.3) is 0 Å². The van der Waals surface area contributed by atoms with Gasteiger partial charge in [-0.25, -0.2) is 0 Å². The van der Waals surface area contributed by atoms with Crippen molar-refractivity contribution in [3.8, 4) is 0 Å². The van der Waals surface area contributed by atoms with E-state index in [2.05, 4.69) is 36.1 Å². The lowest BCUT2D eigenvalue weighted by Crippen LogP contribution is -2.39. The fraction of sp³-hybridized carbons (Fsp3) is 0.917. The first-order valence-electron chi connectivity index (χ1n) is 6.30. The van der Waals surface area contributed by atoms with Gasteiger partial charge in [0.2, 0.25) is 0 Å². The van der Waals surface area contributed by atoms with E-state index in [0.29, 0.717) is 11.9 Å². The molecule has 1 fully saturated rings. The lowest BCUT2D eigenvalue weighted by atomic mass is 9.97. The molecule has 0 aliphatic carbocycles. The number of hydrogen-bond acceptors (Lipinski definition) is 2. The molecule has 0 atom stereocenters. The largest absolute Gasteiger partial charge is 0.370 e. The number of aliphatic imine (C=N–C) groups is 1. The average molecular weight is 226 g/mol. The molecule has 0 aromatic heterocycles. The van der Waals surface area contributed by atoms with Gasteiger partial charge in [-0.05, 0) is 44.8 Å². The summed E-state index contributed by atoms with van der Waals surface area (Å²) in [5.74, 6) is 1.93. The highest BCUT2D eigenvalue weighted by molar-refractivity contribution is 5.77. The molecular formula is C12H26N4. The van der Waals surface area contributed by atoms with Gasteiger partial charge in [-0.15, -0.1) is 0 Å². The first-order chi connectivity index (χ1) is 7.58. The minimum Gasteiger partial charge on any atom is -0.370 e. The minimum atomic E-state index is 0.573. The second-order valence-corrected chi connectivity index (χ2v) is 5.25. The Bertz CT molecular complexity index is 217. The van der Waals surface area contributed by atoms with Crippen LogP contribution < -0.4 is 11.1 Å². The van der Waals surface area contributed by atoms with Crippen LogP contribution >= 0.6 is 0 Å². The Morgan fingerprint density at radius 1 is 1.44 bits per heavy atom. The van der Waals surface area contributed by atoms with Crippen LogP contribution in [0.5, 0.6) is 0 Å². The van der Waals surface area contributed by atoms with Crippen LogP contribution in [0.1, 0.15) is 26.7 Å². The number of hydrogen-bond donors (Lipinski definition) is 2. The predicted molar refractivity (Wildman–Crippen MR) is 69.6 cm³/mol. The third-order valence-corrected chi connectivity index (χ3v) is 3.04. The number of piperidine rings is 1. The topological polar surface area (TPSA) is 53.6 Å². The molecule has 0 bridgehead atoms. The van der Waals surface area contributed by atoms with Gasteiger partial charge in [0.15, 0.2) is 5.96 Å². The van der Waals surface area contributed by atoms with Crippen LogP contribution in [0.2, 0.25) is 0 Å². The summed E-state index contributed by atoms with van der Waals surface area (Å²) in [7, 11) is 2.18. The quantitative estimate of drug-likeness (QED) is 0.553. The van der Waals surface area contributed by atoms with Crippen molar-refractivity contribution < 1.29 is 0 Å². The van der Waals surface area contributed by atoms with Crippen molar-refractivity contribution in [2.75, 3.05) is 33.2 Å². The molecule has 0 unspecified atom stereocenters. The Morgan fingerprint density at radius 2 is 2.06 bits per heavy atom. The first-order valence-corrected chi connectivity index (χ1v) is 6.30. The maximum Gasteiger partial charge on any atom is 0.188 e. The zero-order chi connectivity index (χ0) is 12.0. The molecule has 1 aliphatic rings. The molecule has 1 aliphatic heterocycles. The van der Waals surface area contributed by atoms with Gasteiger partial charge in [0.25, 0.3) is 0 Å². The zero-order valence-electron chi connectivity index (χ0n) is 10.9. The normalized spacial score (nSPS) is 20.4. The van der Waals surface area contributed by atoms with Crippen LogP contribution in [0.15, 0.2) is 4.99 Å². The maximum atomic E-state index is 5.79. The van der Waals surface area contributed by atoms with Crippen molar-refractivity contribution >= 4 is 5.96 Å². The molecule has 0 amide bonds. The van der Waals surface area contributed by atoms with Crippen LogP contribution in [0.3, 0.4) is 0 Å². The molecule has 1 saturated heterocycles. The molecule has 0 aromatic rings. The fourth-order valence-corrected chi connectivity index (χ4v) is 1.85. The SMILES string of the molecule is CC(C)CN=C(N)NCC1CCN(C)CC1. The Hall–Kier alpha value is -0.770. The summed E-state index contributed by atoms with van der Waals surface area (Å²) >= 11 is 0. The van der Waals surface area contributed by atoms with Crippen LogP contribution in [0.4, 0.5) is 0 Å². The number of nitrogens with zero attached hydrogens (tertiary/aromatic N) is 2. The fourth-order valence-electron chi connectivity index (χ4n) is 1.85. The third kappa shape index (κ3) is 5.35. The first kappa shape index (κ1) is 13.3. The number of nitrogens with one attached hydrogen (secondary N) is 1. The Balaban J connectivity index is 2.16. The van der Waals surface area contributed by atoms with E-state index in [-0.39, 0.29) is 0 Å². The van der Waals surface area contributed by atoms with E-state index < -0.39 is 0 Å². The van der Waals surface area contributed by atoms with Gasteiger partial charge in [-0.2, -0.15) is 0 Å². The van der Waals surface area contributed by atoms with Gasteiger partial charge >= 0.3 is 0 Å². The molecule has 4 heteroatoms. The van der Waals surface area contributed by atoms with Gasteiger partial charge < -0.3 is 16.0 Å². The lowest BCUT2D eigenvalue weighted by Gasteiger charge is -2.29. The van der Waals surface area contributed by atoms with Crippen LogP contribution in [-0.2, 0) is 0 Å². The molecule has 3 N–H and O–H groups in total. The maximum absolute atomic E-state index is 5.79. The highest BCUT2D eigenvalue weighted by Crippen LogP contribution is 2.14. The van der Waals surface area contributed by atoms with Crippen molar-refractivity contribution in [3.05, 3.63) is 0 Å². The number of guanidine groups is 1. The summed E-state index contributed by atoms with van der Waals surface area (Å²) in [4.78, 5) is 6.68. The van der Waals surface area contributed by atoms with E-state index in [0.717, 1.165) is 19.0 Å². The molecule has 0 spiro atoms. The standard InChI is InChI=1S/C12H26N4/c1-10(2)8-14-12(13)15-9-11-4-6-16(3)7-5-11/h10-11H,4-9H2,1-3H3,(H3,13,14,15). The zero-order valence-corrected chi connectivity index (χ0v) is 10.9. The van der Waals surface area contributed by atoms with Crippen molar-refractivity contribution in [1.29, 1.82) is 0 Å². The molecule has 1 heterocycles. The van der Waals surface area contributed by atoms with Gasteiger partial charge in [0.1, 0.15) is 0 Å². The summed E-state index contributed by atoms with van der Waals surface area (Å²) in [6.45, 7) is 8.49. The molecule has 0 saturated carbocycles. The second-order valence-electron chi connectivity index (χ2n) is 5.25. The monoisotopic (exact) mass is 226 g/mol. The van der Waals surface area contributed by atoms with Crippen molar-refractivity contribution in [1.82, 2.24) is 10.2 Å². The predicted octanol–water partition coefficient (Wildman–Crippen LogP) is 0.889. The Kier molecular flexibility index (Phi) is 5.60. The van der Waals surface area contributed by atoms with E-state index in [1.807, 2.05) is 0 Å². The third-order valence-electron chi connectivity index (χ3n) is 3.04. The molecule has 16 heavy (non-hydrogen) atoms. The highest BCUT2D eigenvalue weighted by atomic mass is 15.1. The Labute approximate surface area is 99.3 Å².